The fourth-order valence-electron chi connectivity index (χ4n) is 4.87. The Labute approximate surface area is 190 Å². The number of anilines is 1. The molecule has 1 saturated heterocycles. The molecule has 4 aromatic carbocycles. The molecule has 5 aromatic rings. The van der Waals surface area contributed by atoms with E-state index in [4.69, 9.17) is 4.98 Å². The number of para-hydroxylation sites is 2. The van der Waals surface area contributed by atoms with Gasteiger partial charge in [0.15, 0.2) is 0 Å². The zero-order valence-corrected chi connectivity index (χ0v) is 18.0. The first-order valence-corrected chi connectivity index (χ1v) is 11.1. The van der Waals surface area contributed by atoms with E-state index in [0.29, 0.717) is 25.2 Å². The van der Waals surface area contributed by atoms with E-state index in [1.54, 1.807) is 17.0 Å². The Kier molecular flexibility index (Phi) is 4.68. The molecule has 5 heteroatoms. The summed E-state index contributed by atoms with van der Waals surface area (Å²) in [6.45, 7) is 1.16. The molecule has 162 valence electrons. The highest BCUT2D eigenvalue weighted by molar-refractivity contribution is 5.96. The zero-order valence-electron chi connectivity index (χ0n) is 18.0. The van der Waals surface area contributed by atoms with Gasteiger partial charge in [0.1, 0.15) is 11.6 Å². The Balaban J connectivity index is 1.39. The predicted octanol–water partition coefficient (Wildman–Crippen LogP) is 5.90. The molecular weight excluding hydrogens is 413 g/mol. The largest absolute Gasteiger partial charge is 0.323 e. The average molecular weight is 436 g/mol. The first kappa shape index (κ1) is 19.7. The van der Waals surface area contributed by atoms with Gasteiger partial charge in [-0.3, -0.25) is 4.79 Å². The van der Waals surface area contributed by atoms with Gasteiger partial charge in [0.05, 0.1) is 11.0 Å². The molecule has 1 amide bonds. The van der Waals surface area contributed by atoms with Crippen LogP contribution in [0.2, 0.25) is 0 Å². The third-order valence-electron chi connectivity index (χ3n) is 6.45. The molecule has 6 rings (SSSR count). The van der Waals surface area contributed by atoms with E-state index in [1.807, 2.05) is 24.3 Å². The topological polar surface area (TPSA) is 38.1 Å². The van der Waals surface area contributed by atoms with E-state index in [9.17, 15) is 9.18 Å². The van der Waals surface area contributed by atoms with E-state index in [1.165, 1.54) is 28.5 Å². The Morgan fingerprint density at radius 2 is 1.70 bits per heavy atom. The van der Waals surface area contributed by atoms with Crippen LogP contribution in [0.3, 0.4) is 0 Å². The number of aromatic nitrogens is 2. The van der Waals surface area contributed by atoms with Crippen molar-refractivity contribution in [2.75, 3.05) is 11.4 Å². The molecule has 2 heterocycles. The van der Waals surface area contributed by atoms with Crippen molar-refractivity contribution in [1.82, 2.24) is 9.55 Å². The maximum absolute atomic E-state index is 13.8. The molecule has 0 bridgehead atoms. The second-order valence-electron chi connectivity index (χ2n) is 8.61. The van der Waals surface area contributed by atoms with Gasteiger partial charge in [0.25, 0.3) is 0 Å². The standard InChI is InChI=1S/C28H22FN3O/c29-23-8-5-9-24(16-23)31-18-22(15-27(31)33)28-30-25-10-3-4-11-26(25)32(28)17-19-12-13-20-6-1-2-7-21(20)14-19/h1-14,16,22H,15,17-18H2. The van der Waals surface area contributed by atoms with Crippen molar-refractivity contribution in [2.45, 2.75) is 18.9 Å². The molecule has 4 nitrogen and oxygen atoms in total. The first-order valence-electron chi connectivity index (χ1n) is 11.1. The van der Waals surface area contributed by atoms with Crippen LogP contribution in [0.25, 0.3) is 21.8 Å². The van der Waals surface area contributed by atoms with Crippen LogP contribution in [0, 0.1) is 5.82 Å². The minimum Gasteiger partial charge on any atom is -0.323 e. The lowest BCUT2D eigenvalue weighted by molar-refractivity contribution is -0.117. The summed E-state index contributed by atoms with van der Waals surface area (Å²) >= 11 is 0. The lowest BCUT2D eigenvalue weighted by Crippen LogP contribution is -2.24. The summed E-state index contributed by atoms with van der Waals surface area (Å²) in [5.74, 6) is 0.493. The summed E-state index contributed by atoms with van der Waals surface area (Å²) in [7, 11) is 0. The summed E-state index contributed by atoms with van der Waals surface area (Å²) in [5.41, 5.74) is 3.76. The fraction of sp³-hybridized carbons (Fsp3) is 0.143. The Bertz CT molecular complexity index is 1510. The normalized spacial score (nSPS) is 16.2. The lowest BCUT2D eigenvalue weighted by atomic mass is 10.1. The van der Waals surface area contributed by atoms with Crippen LogP contribution in [0.4, 0.5) is 10.1 Å². The van der Waals surface area contributed by atoms with Crippen molar-refractivity contribution in [3.05, 3.63) is 108 Å². The van der Waals surface area contributed by atoms with Crippen molar-refractivity contribution < 1.29 is 9.18 Å². The van der Waals surface area contributed by atoms with Crippen LogP contribution in [-0.2, 0) is 11.3 Å². The molecule has 0 aliphatic carbocycles. The van der Waals surface area contributed by atoms with Gasteiger partial charge < -0.3 is 9.47 Å². The number of amides is 1. The van der Waals surface area contributed by atoms with E-state index in [2.05, 4.69) is 47.0 Å². The minimum atomic E-state index is -0.340. The van der Waals surface area contributed by atoms with E-state index in [-0.39, 0.29) is 17.6 Å². The number of carbonyl (C=O) groups is 1. The number of imidazole rings is 1. The highest BCUT2D eigenvalue weighted by Gasteiger charge is 2.35. The molecule has 1 aliphatic rings. The van der Waals surface area contributed by atoms with E-state index >= 15 is 0 Å². The van der Waals surface area contributed by atoms with Gasteiger partial charge in [-0.1, -0.05) is 54.6 Å². The maximum Gasteiger partial charge on any atom is 0.227 e. The lowest BCUT2D eigenvalue weighted by Gasteiger charge is -2.17. The zero-order chi connectivity index (χ0) is 22.4. The Morgan fingerprint density at radius 3 is 2.58 bits per heavy atom. The molecule has 0 saturated carbocycles. The number of fused-ring (bicyclic) bond motifs is 2. The number of rotatable bonds is 4. The van der Waals surface area contributed by atoms with Crippen molar-refractivity contribution in [1.29, 1.82) is 0 Å². The van der Waals surface area contributed by atoms with E-state index in [0.717, 1.165) is 16.9 Å². The summed E-state index contributed by atoms with van der Waals surface area (Å²) in [6, 6.07) is 29.2. The van der Waals surface area contributed by atoms with Crippen molar-refractivity contribution >= 4 is 33.4 Å². The molecule has 0 N–H and O–H groups in total. The van der Waals surface area contributed by atoms with Crippen LogP contribution in [0.1, 0.15) is 23.7 Å². The van der Waals surface area contributed by atoms with Crippen molar-refractivity contribution in [3.63, 3.8) is 0 Å². The summed E-state index contributed by atoms with van der Waals surface area (Å²) in [5, 5.41) is 2.42. The van der Waals surface area contributed by atoms with Crippen LogP contribution in [0.5, 0.6) is 0 Å². The number of nitrogens with zero attached hydrogens (tertiary/aromatic N) is 3. The van der Waals surface area contributed by atoms with Gasteiger partial charge >= 0.3 is 0 Å². The van der Waals surface area contributed by atoms with Gasteiger partial charge in [-0.2, -0.15) is 0 Å². The summed E-state index contributed by atoms with van der Waals surface area (Å²) in [4.78, 5) is 19.5. The van der Waals surface area contributed by atoms with Crippen LogP contribution in [-0.4, -0.2) is 22.0 Å². The average Bonchev–Trinajstić information content (AvgIpc) is 3.40. The SMILES string of the molecule is O=C1CC(c2nc3ccccc3n2Cc2ccc3ccccc3c2)CN1c1cccc(F)c1. The van der Waals surface area contributed by atoms with Gasteiger partial charge in [-0.25, -0.2) is 9.37 Å². The molecule has 0 spiro atoms. The van der Waals surface area contributed by atoms with Crippen LogP contribution >= 0.6 is 0 Å². The van der Waals surface area contributed by atoms with Crippen molar-refractivity contribution in [3.8, 4) is 0 Å². The number of benzene rings is 4. The number of hydrogen-bond acceptors (Lipinski definition) is 2. The van der Waals surface area contributed by atoms with Gasteiger partial charge in [0, 0.05) is 31.1 Å². The fourth-order valence-corrected chi connectivity index (χ4v) is 4.87. The molecule has 1 aliphatic heterocycles. The van der Waals surface area contributed by atoms with Gasteiger partial charge in [0.2, 0.25) is 5.91 Å². The number of carbonyl (C=O) groups excluding carboxylic acids is 1. The predicted molar refractivity (Wildman–Crippen MR) is 129 cm³/mol. The maximum atomic E-state index is 13.8. The third-order valence-corrected chi connectivity index (χ3v) is 6.45. The minimum absolute atomic E-state index is 0.00471. The third kappa shape index (κ3) is 3.55. The van der Waals surface area contributed by atoms with Crippen LogP contribution < -0.4 is 4.90 Å². The first-order chi connectivity index (χ1) is 16.2. The van der Waals surface area contributed by atoms with E-state index < -0.39 is 0 Å². The monoisotopic (exact) mass is 435 g/mol. The van der Waals surface area contributed by atoms with Crippen LogP contribution in [0.15, 0.2) is 91.0 Å². The second kappa shape index (κ2) is 7.85. The van der Waals surface area contributed by atoms with Gasteiger partial charge in [-0.05, 0) is 52.7 Å². The molecule has 1 aromatic heterocycles. The molecule has 1 fully saturated rings. The highest BCUT2D eigenvalue weighted by Crippen LogP contribution is 2.34. The molecule has 1 atom stereocenters. The number of halogens is 1. The number of hydrogen-bond donors (Lipinski definition) is 0. The quantitative estimate of drug-likeness (QED) is 0.353. The molecule has 33 heavy (non-hydrogen) atoms. The molecule has 0 radical (unpaired) electrons. The Morgan fingerprint density at radius 1 is 0.879 bits per heavy atom. The summed E-state index contributed by atoms with van der Waals surface area (Å²) < 4.78 is 16.0. The van der Waals surface area contributed by atoms with Gasteiger partial charge in [-0.15, -0.1) is 0 Å². The highest BCUT2D eigenvalue weighted by atomic mass is 19.1. The van der Waals surface area contributed by atoms with Crippen molar-refractivity contribution in [2.24, 2.45) is 0 Å². The molecular formula is C28H22FN3O. The smallest absolute Gasteiger partial charge is 0.227 e. The second-order valence-corrected chi connectivity index (χ2v) is 8.61. The summed E-state index contributed by atoms with van der Waals surface area (Å²) in [6.07, 6.45) is 0.359. The molecule has 1 unspecified atom stereocenters. The Hall–Kier alpha value is -3.99.